The molecule has 0 heterocycles. The lowest BCUT2D eigenvalue weighted by Crippen LogP contribution is -1.90. The van der Waals surface area contributed by atoms with E-state index in [-0.39, 0.29) is 0 Å². The molecule has 0 saturated carbocycles. The molecule has 0 N–H and O–H groups in total. The second-order valence-corrected chi connectivity index (χ2v) is 5.31. The molecule has 0 aromatic heterocycles. The lowest BCUT2D eigenvalue weighted by atomic mass is 10.6. The van der Waals surface area contributed by atoms with Gasteiger partial charge < -0.3 is 4.57 Å². The van der Waals surface area contributed by atoms with E-state index in [1.54, 1.807) is 0 Å². The van der Waals surface area contributed by atoms with Crippen LogP contribution in [0.1, 0.15) is 26.7 Å². The molecule has 0 aromatic carbocycles. The van der Waals surface area contributed by atoms with Gasteiger partial charge in [-0.05, 0) is 12.8 Å². The molecule has 0 saturated heterocycles. The molecule has 3 heteroatoms. The van der Waals surface area contributed by atoms with Gasteiger partial charge in [-0.25, -0.2) is 0 Å². The van der Waals surface area contributed by atoms with Crippen LogP contribution in [0.4, 0.5) is 0 Å². The quantitative estimate of drug-likeness (QED) is 0.591. The molecular weight excluding hydrogens is 145 g/mol. The van der Waals surface area contributed by atoms with Crippen molar-refractivity contribution in [1.29, 1.82) is 5.26 Å². The van der Waals surface area contributed by atoms with Crippen LogP contribution in [-0.4, -0.2) is 12.3 Å². The summed E-state index contributed by atoms with van der Waals surface area (Å²) in [5.41, 5.74) is 0. The normalized spacial score (nSPS) is 10.9. The van der Waals surface area contributed by atoms with Gasteiger partial charge in [0, 0.05) is 12.3 Å². The maximum atomic E-state index is 11.4. The zero-order valence-corrected chi connectivity index (χ0v) is 7.53. The average Bonchev–Trinajstić information content (AvgIpc) is 1.89. The molecular formula is C7H14NOP. The minimum absolute atomic E-state index is 0.595. The Balaban J connectivity index is 4.00. The zero-order valence-electron chi connectivity index (χ0n) is 6.63. The first-order valence-electron chi connectivity index (χ1n) is 3.68. The van der Waals surface area contributed by atoms with E-state index in [2.05, 4.69) is 0 Å². The van der Waals surface area contributed by atoms with E-state index >= 15 is 0 Å². The number of hydrogen-bond acceptors (Lipinski definition) is 2. The average molecular weight is 159 g/mol. The Labute approximate surface area is 62.6 Å². The minimum Gasteiger partial charge on any atom is -0.308 e. The SMILES string of the molecule is CCCP(=O)(C#N)CCC. The summed E-state index contributed by atoms with van der Waals surface area (Å²) >= 11 is 0. The maximum Gasteiger partial charge on any atom is 0.181 e. The molecule has 2 nitrogen and oxygen atoms in total. The first-order valence-corrected chi connectivity index (χ1v) is 5.75. The van der Waals surface area contributed by atoms with Gasteiger partial charge in [0.2, 0.25) is 0 Å². The lowest BCUT2D eigenvalue weighted by Gasteiger charge is -2.05. The molecule has 0 amide bonds. The van der Waals surface area contributed by atoms with E-state index in [0.29, 0.717) is 12.3 Å². The number of rotatable bonds is 4. The van der Waals surface area contributed by atoms with Gasteiger partial charge in [0.15, 0.2) is 7.14 Å². The summed E-state index contributed by atoms with van der Waals surface area (Å²) < 4.78 is 11.4. The molecule has 0 aliphatic heterocycles. The third-order valence-corrected chi connectivity index (χ3v) is 4.06. The zero-order chi connectivity index (χ0) is 8.04. The van der Waals surface area contributed by atoms with Crippen LogP contribution in [0.15, 0.2) is 0 Å². The smallest absolute Gasteiger partial charge is 0.181 e. The minimum atomic E-state index is -2.39. The fourth-order valence-corrected chi connectivity index (χ4v) is 2.80. The van der Waals surface area contributed by atoms with Gasteiger partial charge in [-0.1, -0.05) is 13.8 Å². The maximum absolute atomic E-state index is 11.4. The molecule has 0 atom stereocenters. The number of nitrogens with zero attached hydrogens (tertiary/aromatic N) is 1. The standard InChI is InChI=1S/C7H14NOP/c1-3-5-10(9,7-8)6-4-2/h3-6H2,1-2H3. The van der Waals surface area contributed by atoms with E-state index < -0.39 is 7.14 Å². The molecule has 0 rings (SSSR count). The van der Waals surface area contributed by atoms with Crippen LogP contribution in [0.5, 0.6) is 0 Å². The van der Waals surface area contributed by atoms with Gasteiger partial charge in [-0.3, -0.25) is 0 Å². The fourth-order valence-electron chi connectivity index (χ4n) is 0.934. The van der Waals surface area contributed by atoms with Crippen molar-refractivity contribution >= 4 is 7.14 Å². The van der Waals surface area contributed by atoms with Crippen LogP contribution >= 0.6 is 7.14 Å². The highest BCUT2D eigenvalue weighted by Crippen LogP contribution is 2.44. The molecule has 0 spiro atoms. The van der Waals surface area contributed by atoms with Crippen molar-refractivity contribution in [3.63, 3.8) is 0 Å². The predicted octanol–water partition coefficient (Wildman–Crippen LogP) is 2.65. The van der Waals surface area contributed by atoms with Crippen LogP contribution in [-0.2, 0) is 4.57 Å². The second-order valence-electron chi connectivity index (χ2n) is 2.44. The van der Waals surface area contributed by atoms with Gasteiger partial charge in [-0.15, -0.1) is 0 Å². The van der Waals surface area contributed by atoms with Crippen LogP contribution in [0.2, 0.25) is 0 Å². The van der Waals surface area contributed by atoms with Crippen molar-refractivity contribution in [2.45, 2.75) is 26.7 Å². The van der Waals surface area contributed by atoms with Crippen LogP contribution < -0.4 is 0 Å². The van der Waals surface area contributed by atoms with E-state index in [9.17, 15) is 4.57 Å². The van der Waals surface area contributed by atoms with E-state index in [1.165, 1.54) is 0 Å². The Morgan fingerprint density at radius 3 is 1.90 bits per heavy atom. The Bertz CT molecular complexity index is 161. The van der Waals surface area contributed by atoms with Crippen LogP contribution in [0.25, 0.3) is 0 Å². The largest absolute Gasteiger partial charge is 0.308 e. The number of nitriles is 1. The summed E-state index contributed by atoms with van der Waals surface area (Å²) in [5.74, 6) is 1.94. The fraction of sp³-hybridized carbons (Fsp3) is 0.857. The molecule has 0 radical (unpaired) electrons. The summed E-state index contributed by atoms with van der Waals surface area (Å²) in [5, 5.41) is 8.53. The van der Waals surface area contributed by atoms with Crippen molar-refractivity contribution in [2.75, 3.05) is 12.3 Å². The highest BCUT2D eigenvalue weighted by molar-refractivity contribution is 7.68. The summed E-state index contributed by atoms with van der Waals surface area (Å²) in [7, 11) is -2.39. The van der Waals surface area contributed by atoms with Crippen molar-refractivity contribution < 1.29 is 4.57 Å². The Hall–Kier alpha value is -0.280. The monoisotopic (exact) mass is 159 g/mol. The molecule has 0 fully saturated rings. The third kappa shape index (κ3) is 3.03. The molecule has 0 aromatic rings. The first-order chi connectivity index (χ1) is 4.68. The molecule has 10 heavy (non-hydrogen) atoms. The van der Waals surface area contributed by atoms with Crippen LogP contribution in [0.3, 0.4) is 0 Å². The molecule has 0 bridgehead atoms. The third-order valence-electron chi connectivity index (χ3n) is 1.35. The molecule has 0 aliphatic carbocycles. The second kappa shape index (κ2) is 4.52. The Morgan fingerprint density at radius 2 is 1.70 bits per heavy atom. The number of hydrogen-bond donors (Lipinski definition) is 0. The molecule has 0 aliphatic rings. The summed E-state index contributed by atoms with van der Waals surface area (Å²) in [6.07, 6.45) is 2.89. The van der Waals surface area contributed by atoms with Gasteiger partial charge in [0.05, 0.1) is 0 Å². The summed E-state index contributed by atoms with van der Waals surface area (Å²) in [4.78, 5) is 0. The van der Waals surface area contributed by atoms with Gasteiger partial charge in [-0.2, -0.15) is 5.26 Å². The van der Waals surface area contributed by atoms with Crippen molar-refractivity contribution in [2.24, 2.45) is 0 Å². The van der Waals surface area contributed by atoms with Gasteiger partial charge >= 0.3 is 0 Å². The van der Waals surface area contributed by atoms with E-state index in [0.717, 1.165) is 12.8 Å². The van der Waals surface area contributed by atoms with E-state index in [1.807, 2.05) is 19.7 Å². The van der Waals surface area contributed by atoms with Crippen molar-refractivity contribution in [3.8, 4) is 5.81 Å². The van der Waals surface area contributed by atoms with Crippen molar-refractivity contribution in [3.05, 3.63) is 0 Å². The van der Waals surface area contributed by atoms with Gasteiger partial charge in [0.1, 0.15) is 5.81 Å². The Morgan fingerprint density at radius 1 is 1.30 bits per heavy atom. The van der Waals surface area contributed by atoms with E-state index in [4.69, 9.17) is 5.26 Å². The van der Waals surface area contributed by atoms with Gasteiger partial charge in [0.25, 0.3) is 0 Å². The van der Waals surface area contributed by atoms with Crippen LogP contribution in [0, 0.1) is 11.1 Å². The Kier molecular flexibility index (Phi) is 4.40. The highest BCUT2D eigenvalue weighted by Gasteiger charge is 2.17. The predicted molar refractivity (Wildman–Crippen MR) is 43.5 cm³/mol. The summed E-state index contributed by atoms with van der Waals surface area (Å²) in [6, 6.07) is 0. The highest BCUT2D eigenvalue weighted by atomic mass is 31.2. The van der Waals surface area contributed by atoms with Crippen molar-refractivity contribution in [1.82, 2.24) is 0 Å². The first kappa shape index (κ1) is 9.72. The molecule has 0 unspecified atom stereocenters. The summed E-state index contributed by atoms with van der Waals surface area (Å²) in [6.45, 7) is 3.92. The molecule has 58 valence electrons. The lowest BCUT2D eigenvalue weighted by molar-refractivity contribution is 0.579. The topological polar surface area (TPSA) is 40.9 Å².